The topological polar surface area (TPSA) is 52.8 Å². The predicted octanol–water partition coefficient (Wildman–Crippen LogP) is 3.24. The lowest BCUT2D eigenvalue weighted by Gasteiger charge is -2.18. The molecule has 9 heteroatoms. The van der Waals surface area contributed by atoms with Gasteiger partial charge in [-0.3, -0.25) is 4.57 Å². The van der Waals surface area contributed by atoms with E-state index in [1.54, 1.807) is 0 Å². The minimum atomic E-state index is -4.76. The van der Waals surface area contributed by atoms with Crippen LogP contribution >= 0.6 is 7.60 Å². The van der Waals surface area contributed by atoms with E-state index in [1.165, 1.54) is 38.2 Å². The molecule has 0 bridgehead atoms. The van der Waals surface area contributed by atoms with E-state index >= 15 is 0 Å². The number of rotatable bonds is 5. The molecule has 0 fully saturated rings. The van der Waals surface area contributed by atoms with Gasteiger partial charge >= 0.3 is 13.8 Å². The molecule has 0 spiro atoms. The van der Waals surface area contributed by atoms with Crippen LogP contribution in [0.1, 0.15) is 19.5 Å². The van der Waals surface area contributed by atoms with Crippen LogP contribution in [0, 0.1) is 0 Å². The number of hydrogen-bond acceptors (Lipinski definition) is 4. The maximum Gasteiger partial charge on any atom is 0.436 e. The summed E-state index contributed by atoms with van der Waals surface area (Å²) in [4.78, 5) is 0. The van der Waals surface area contributed by atoms with Crippen molar-refractivity contribution in [2.24, 2.45) is 0 Å². The SMILES string of the molecule is CCOP(=O)(OCC)c1c(C(F)(F)F)nn2ccccc12. The number of nitrogens with zero attached hydrogens (tertiary/aromatic N) is 2. The maximum absolute atomic E-state index is 13.2. The zero-order valence-corrected chi connectivity index (χ0v) is 12.3. The predicted molar refractivity (Wildman–Crippen MR) is 70.7 cm³/mol. The summed E-state index contributed by atoms with van der Waals surface area (Å²) in [6.45, 7) is 2.98. The highest BCUT2D eigenvalue weighted by molar-refractivity contribution is 7.62. The van der Waals surface area contributed by atoms with Crippen LogP contribution < -0.4 is 5.30 Å². The van der Waals surface area contributed by atoms with Gasteiger partial charge in [0.2, 0.25) is 0 Å². The normalized spacial score (nSPS) is 13.0. The molecule has 21 heavy (non-hydrogen) atoms. The first-order valence-electron chi connectivity index (χ1n) is 6.27. The molecular weight excluding hydrogens is 308 g/mol. The summed E-state index contributed by atoms with van der Waals surface area (Å²) in [5.74, 6) is 0. The van der Waals surface area contributed by atoms with Crippen molar-refractivity contribution >= 4 is 18.4 Å². The summed E-state index contributed by atoms with van der Waals surface area (Å²) >= 11 is 0. The summed E-state index contributed by atoms with van der Waals surface area (Å²) in [6, 6.07) is 4.45. The molecule has 0 aliphatic carbocycles. The first-order valence-corrected chi connectivity index (χ1v) is 7.82. The van der Waals surface area contributed by atoms with Crippen molar-refractivity contribution < 1.29 is 26.8 Å². The number of alkyl halides is 3. The summed E-state index contributed by atoms with van der Waals surface area (Å²) in [6.07, 6.45) is -3.42. The van der Waals surface area contributed by atoms with Crippen LogP contribution in [0.2, 0.25) is 0 Å². The highest BCUT2D eigenvalue weighted by Crippen LogP contribution is 2.50. The van der Waals surface area contributed by atoms with Gasteiger partial charge in [-0.2, -0.15) is 18.3 Å². The molecule has 0 aliphatic rings. The van der Waals surface area contributed by atoms with Crippen LogP contribution in [0.4, 0.5) is 13.2 Å². The molecule has 0 saturated carbocycles. The van der Waals surface area contributed by atoms with E-state index in [2.05, 4.69) is 5.10 Å². The number of halogens is 3. The van der Waals surface area contributed by atoms with Gasteiger partial charge in [-0.25, -0.2) is 4.52 Å². The zero-order valence-electron chi connectivity index (χ0n) is 11.4. The molecule has 2 aromatic rings. The van der Waals surface area contributed by atoms with Crippen LogP contribution in [-0.2, 0) is 19.8 Å². The van der Waals surface area contributed by atoms with Gasteiger partial charge in [0.15, 0.2) is 5.69 Å². The Labute approximate surface area is 119 Å². The molecule has 0 aliphatic heterocycles. The van der Waals surface area contributed by atoms with E-state index in [9.17, 15) is 17.7 Å². The third-order valence-electron chi connectivity index (χ3n) is 2.65. The fourth-order valence-corrected chi connectivity index (χ4v) is 3.85. The molecule has 5 nitrogen and oxygen atoms in total. The van der Waals surface area contributed by atoms with Gasteiger partial charge in [-0.1, -0.05) is 6.07 Å². The second-order valence-corrected chi connectivity index (χ2v) is 6.02. The van der Waals surface area contributed by atoms with E-state index < -0.39 is 24.8 Å². The summed E-state index contributed by atoms with van der Waals surface area (Å²) < 4.78 is 63.4. The lowest BCUT2D eigenvalue weighted by molar-refractivity contribution is -0.140. The Balaban J connectivity index is 2.78. The average molecular weight is 322 g/mol. The second-order valence-electron chi connectivity index (χ2n) is 4.06. The summed E-state index contributed by atoms with van der Waals surface area (Å²) in [7, 11) is -4.11. The Morgan fingerprint density at radius 3 is 2.38 bits per heavy atom. The quantitative estimate of drug-likeness (QED) is 0.793. The van der Waals surface area contributed by atoms with Crippen molar-refractivity contribution in [1.82, 2.24) is 9.61 Å². The molecule has 116 valence electrons. The van der Waals surface area contributed by atoms with E-state index in [-0.39, 0.29) is 18.7 Å². The van der Waals surface area contributed by atoms with E-state index in [1.807, 2.05) is 0 Å². The van der Waals surface area contributed by atoms with Gasteiger partial charge in [0, 0.05) is 6.20 Å². The molecule has 0 saturated heterocycles. The monoisotopic (exact) mass is 322 g/mol. The molecule has 0 amide bonds. The van der Waals surface area contributed by atoms with E-state index in [0.717, 1.165) is 4.52 Å². The number of fused-ring (bicyclic) bond motifs is 1. The zero-order chi connectivity index (χ0) is 15.7. The van der Waals surface area contributed by atoms with Crippen LogP contribution in [0.25, 0.3) is 5.52 Å². The van der Waals surface area contributed by atoms with Gasteiger partial charge in [-0.05, 0) is 26.0 Å². The molecule has 0 unspecified atom stereocenters. The second kappa shape index (κ2) is 5.79. The molecule has 0 aromatic carbocycles. The molecule has 0 atom stereocenters. The van der Waals surface area contributed by atoms with Crippen molar-refractivity contribution in [2.75, 3.05) is 13.2 Å². The Morgan fingerprint density at radius 2 is 1.86 bits per heavy atom. The highest BCUT2D eigenvalue weighted by Gasteiger charge is 2.45. The third kappa shape index (κ3) is 2.97. The van der Waals surface area contributed by atoms with Crippen molar-refractivity contribution in [1.29, 1.82) is 0 Å². The maximum atomic E-state index is 13.2. The lowest BCUT2D eigenvalue weighted by atomic mass is 10.3. The Kier molecular flexibility index (Phi) is 4.41. The van der Waals surface area contributed by atoms with Crippen LogP contribution in [-0.4, -0.2) is 22.8 Å². The first kappa shape index (κ1) is 16.0. The van der Waals surface area contributed by atoms with Crippen LogP contribution in [0.3, 0.4) is 0 Å². The standard InChI is InChI=1S/C12H14F3N2O3P/c1-3-19-21(18,20-4-2)10-9-7-5-6-8-17(9)16-11(10)12(13,14)15/h5-8H,3-4H2,1-2H3. The molecule has 2 aromatic heterocycles. The number of pyridine rings is 1. The fraction of sp³-hybridized carbons (Fsp3) is 0.417. The van der Waals surface area contributed by atoms with Gasteiger partial charge < -0.3 is 9.05 Å². The summed E-state index contributed by atoms with van der Waals surface area (Å²) in [5.41, 5.74) is -1.20. The molecular formula is C12H14F3N2O3P. The fourth-order valence-electron chi connectivity index (χ4n) is 1.95. The van der Waals surface area contributed by atoms with Crippen molar-refractivity contribution in [3.8, 4) is 0 Å². The molecule has 2 rings (SSSR count). The van der Waals surface area contributed by atoms with Gasteiger partial charge in [0.1, 0.15) is 5.30 Å². The van der Waals surface area contributed by atoms with E-state index in [4.69, 9.17) is 9.05 Å². The lowest BCUT2D eigenvalue weighted by Crippen LogP contribution is -2.21. The smallest absolute Gasteiger partial charge is 0.305 e. The largest absolute Gasteiger partial charge is 0.436 e. The van der Waals surface area contributed by atoms with Gasteiger partial charge in [-0.15, -0.1) is 0 Å². The first-order chi connectivity index (χ1) is 9.83. The Morgan fingerprint density at radius 1 is 1.24 bits per heavy atom. The minimum Gasteiger partial charge on any atom is -0.305 e. The van der Waals surface area contributed by atoms with Crippen molar-refractivity contribution in [3.63, 3.8) is 0 Å². The van der Waals surface area contributed by atoms with Crippen LogP contribution in [0.15, 0.2) is 24.4 Å². The molecule has 2 heterocycles. The summed E-state index contributed by atoms with van der Waals surface area (Å²) in [5, 5.41) is 2.93. The van der Waals surface area contributed by atoms with Gasteiger partial charge in [0.25, 0.3) is 0 Å². The van der Waals surface area contributed by atoms with Gasteiger partial charge in [0.05, 0.1) is 18.7 Å². The number of aromatic nitrogens is 2. The highest BCUT2D eigenvalue weighted by atomic mass is 31.2. The molecule has 0 radical (unpaired) electrons. The Hall–Kier alpha value is -1.37. The minimum absolute atomic E-state index is 0.0429. The van der Waals surface area contributed by atoms with Crippen molar-refractivity contribution in [3.05, 3.63) is 30.1 Å². The third-order valence-corrected chi connectivity index (χ3v) is 4.84. The van der Waals surface area contributed by atoms with Crippen molar-refractivity contribution in [2.45, 2.75) is 20.0 Å². The molecule has 0 N–H and O–H groups in total. The van der Waals surface area contributed by atoms with Crippen LogP contribution in [0.5, 0.6) is 0 Å². The average Bonchev–Trinajstić information content (AvgIpc) is 2.79. The Bertz CT molecular complexity index is 674. The van der Waals surface area contributed by atoms with E-state index in [0.29, 0.717) is 0 Å². The number of hydrogen-bond donors (Lipinski definition) is 0.